The Morgan fingerprint density at radius 3 is 2.44 bits per heavy atom. The Morgan fingerprint density at radius 2 is 1.82 bits per heavy atom. The molecule has 17 nitrogen and oxygen atoms in total. The molecular weight excluding hydrogens is 787 g/mol. The number of imidazole rings is 1. The number of carbonyl (C=O) groups excluding carboxylic acids is 3. The van der Waals surface area contributed by atoms with Gasteiger partial charge in [0.05, 0.1) is 35.5 Å². The van der Waals surface area contributed by atoms with E-state index in [2.05, 4.69) is 34.4 Å². The van der Waals surface area contributed by atoms with Crippen LogP contribution in [0.4, 0.5) is 4.79 Å². The second kappa shape index (κ2) is 19.2. The number of hydrogen-bond donors (Lipinski definition) is 3. The number of hydrazine groups is 1. The highest BCUT2D eigenvalue weighted by Gasteiger charge is 2.60. The molecule has 5 rings (SSSR count). The smallest absolute Gasteiger partial charge is 0.425 e. The summed E-state index contributed by atoms with van der Waals surface area (Å²) in [5.41, 5.74) is 1.90. The Balaban J connectivity index is 1.49. The summed E-state index contributed by atoms with van der Waals surface area (Å²) in [4.78, 5) is 58.6. The summed E-state index contributed by atoms with van der Waals surface area (Å²) in [5.74, 6) is -4.80. The Kier molecular flexibility index (Phi) is 15.1. The van der Waals surface area contributed by atoms with Crippen LogP contribution in [-0.4, -0.2) is 140 Å². The van der Waals surface area contributed by atoms with Gasteiger partial charge in [-0.2, -0.15) is 0 Å². The van der Waals surface area contributed by atoms with Crippen LogP contribution in [-0.2, 0) is 38.9 Å². The number of Topliss-reactive ketones (excluding diaryl/α,β-unsaturated/α-hetero) is 1. The molecule has 0 aliphatic carbocycles. The Bertz CT molecular complexity index is 1860. The Morgan fingerprint density at radius 1 is 1.11 bits per heavy atom. The van der Waals surface area contributed by atoms with Crippen molar-refractivity contribution in [2.75, 3.05) is 27.7 Å². The maximum absolute atomic E-state index is 14.3. The van der Waals surface area contributed by atoms with Crippen LogP contribution in [0.2, 0.25) is 0 Å². The third-order valence-electron chi connectivity index (χ3n) is 13.1. The summed E-state index contributed by atoms with van der Waals surface area (Å²) >= 11 is 0. The summed E-state index contributed by atoms with van der Waals surface area (Å²) in [6, 6.07) is 2.68. The average molecular weight is 856 g/mol. The van der Waals surface area contributed by atoms with E-state index in [0.29, 0.717) is 25.1 Å². The van der Waals surface area contributed by atoms with Gasteiger partial charge in [0, 0.05) is 60.0 Å². The van der Waals surface area contributed by atoms with Gasteiger partial charge in [-0.3, -0.25) is 14.6 Å². The van der Waals surface area contributed by atoms with Gasteiger partial charge in [-0.1, -0.05) is 32.9 Å². The van der Waals surface area contributed by atoms with Crippen molar-refractivity contribution in [2.24, 2.45) is 28.8 Å². The van der Waals surface area contributed by atoms with E-state index in [1.54, 1.807) is 39.5 Å². The number of carbonyl (C=O) groups is 3. The molecule has 3 aliphatic rings. The molecule has 3 fully saturated rings. The molecule has 5 heterocycles. The fraction of sp³-hybridized carbons (Fsp3) is 0.727. The van der Waals surface area contributed by atoms with E-state index in [1.807, 2.05) is 69.6 Å². The third-order valence-corrected chi connectivity index (χ3v) is 13.1. The number of rotatable bonds is 11. The monoisotopic (exact) mass is 856 g/mol. The van der Waals surface area contributed by atoms with Crippen LogP contribution in [0.1, 0.15) is 94.9 Å². The lowest BCUT2D eigenvalue weighted by Gasteiger charge is -2.46. The lowest BCUT2D eigenvalue weighted by Crippen LogP contribution is -2.61. The zero-order chi connectivity index (χ0) is 45.2. The van der Waals surface area contributed by atoms with Crippen molar-refractivity contribution >= 4 is 23.6 Å². The summed E-state index contributed by atoms with van der Waals surface area (Å²) in [5, 5.41) is 29.9. The van der Waals surface area contributed by atoms with E-state index >= 15 is 0 Å². The first-order valence-electron chi connectivity index (χ1n) is 21.5. The maximum Gasteiger partial charge on any atom is 0.425 e. The number of ketones is 1. The van der Waals surface area contributed by atoms with E-state index in [4.69, 9.17) is 23.8 Å². The number of hydrogen-bond acceptors (Lipinski definition) is 15. The van der Waals surface area contributed by atoms with Crippen LogP contribution < -0.4 is 5.43 Å². The lowest BCUT2D eigenvalue weighted by atomic mass is 9.73. The van der Waals surface area contributed by atoms with Crippen LogP contribution in [0, 0.1) is 23.7 Å². The average Bonchev–Trinajstić information content (AvgIpc) is 3.81. The summed E-state index contributed by atoms with van der Waals surface area (Å²) < 4.78 is 27.0. The molecule has 61 heavy (non-hydrogen) atoms. The molecule has 2 aromatic rings. The first kappa shape index (κ1) is 48.0. The number of nitrogens with one attached hydrogen (secondary N) is 1. The van der Waals surface area contributed by atoms with E-state index < -0.39 is 88.9 Å². The fourth-order valence-electron chi connectivity index (χ4n) is 9.57. The first-order chi connectivity index (χ1) is 28.6. The zero-order valence-electron chi connectivity index (χ0n) is 38.2. The molecular formula is C44H69N7O10. The predicted molar refractivity (Wildman–Crippen MR) is 227 cm³/mol. The highest BCUT2D eigenvalue weighted by atomic mass is 16.7. The predicted octanol–water partition coefficient (Wildman–Crippen LogP) is 4.56. The van der Waals surface area contributed by atoms with Crippen LogP contribution >= 0.6 is 0 Å². The van der Waals surface area contributed by atoms with Gasteiger partial charge in [0.25, 0.3) is 0 Å². The molecule has 1 amide bonds. The molecule has 0 radical (unpaired) electrons. The number of aliphatic hydroxyl groups is 2. The van der Waals surface area contributed by atoms with Crippen molar-refractivity contribution < 1.29 is 48.4 Å². The maximum atomic E-state index is 14.3. The van der Waals surface area contributed by atoms with Crippen molar-refractivity contribution in [2.45, 2.75) is 154 Å². The van der Waals surface area contributed by atoms with Crippen molar-refractivity contribution in [3.63, 3.8) is 0 Å². The number of likely N-dealkylation sites (N-methyl/N-ethyl adjacent to an activating group) is 1. The minimum absolute atomic E-state index is 0.0130. The standard InChI is InChI=1S/C44H69N7O10/c1-14-33-44(10)37(51(41(55)61-44)47-19-17-42(7,8)50-23-31(46-24-50)30-16-15-18-45-22-30)27(4)34(48-57-13)25(2)21-43(9,56)38(28(5)35(52)29(6)39(54)59-33)60-40-36(53)32(49(11)12)20-26(3)58-40/h15-16,18,22-29,32-33,36-38,40,47,53,56H,14,17,19-21H2,1-13H3/b48-34+/t25-,26-,27+,28+,29-,32+,33-,36-,37?,38-,40+,43-,44-/m1/s1. The Labute approximate surface area is 360 Å². The molecule has 0 spiro atoms. The van der Waals surface area contributed by atoms with Gasteiger partial charge in [0.2, 0.25) is 0 Å². The van der Waals surface area contributed by atoms with E-state index in [9.17, 15) is 24.6 Å². The van der Waals surface area contributed by atoms with Crippen molar-refractivity contribution in [1.29, 1.82) is 0 Å². The molecule has 0 saturated carbocycles. The van der Waals surface area contributed by atoms with Crippen LogP contribution in [0.25, 0.3) is 11.3 Å². The number of amides is 1. The number of oxime groups is 1. The highest BCUT2D eigenvalue weighted by Crippen LogP contribution is 2.42. The first-order valence-corrected chi connectivity index (χ1v) is 21.5. The molecule has 0 aromatic carbocycles. The van der Waals surface area contributed by atoms with Crippen LogP contribution in [0.15, 0.2) is 42.2 Å². The van der Waals surface area contributed by atoms with Gasteiger partial charge in [-0.15, -0.1) is 0 Å². The molecule has 3 N–H and O–H groups in total. The van der Waals surface area contributed by atoms with E-state index in [0.717, 1.165) is 11.3 Å². The van der Waals surface area contributed by atoms with Gasteiger partial charge in [0.15, 0.2) is 17.7 Å². The minimum Gasteiger partial charge on any atom is -0.458 e. The SMILES string of the molecule is CC[C@H]1OC(=O)[C@H](C)C(=O)[C@H](C)[C@@H](O[C@@H]2O[C@H](C)C[C@H](N(C)C)[C@H]2O)[C@](C)(O)C[C@@H](C)/C(=N\OC)[C@H](C)C2N(NCCC(C)(C)n3cnc(-c4cccnc4)c3)C(=O)O[C@@]21C. The number of nitrogens with zero attached hydrogens (tertiary/aromatic N) is 6. The summed E-state index contributed by atoms with van der Waals surface area (Å²) in [6.45, 7) is 18.3. The zero-order valence-corrected chi connectivity index (χ0v) is 38.2. The van der Waals surface area contributed by atoms with Gasteiger partial charge >= 0.3 is 12.1 Å². The van der Waals surface area contributed by atoms with Crippen molar-refractivity contribution in [1.82, 2.24) is 29.9 Å². The molecule has 3 aliphatic heterocycles. The van der Waals surface area contributed by atoms with Gasteiger partial charge in [-0.05, 0) is 93.5 Å². The van der Waals surface area contributed by atoms with Gasteiger partial charge < -0.3 is 43.5 Å². The van der Waals surface area contributed by atoms with Crippen molar-refractivity contribution in [3.05, 3.63) is 37.1 Å². The molecule has 13 atom stereocenters. The van der Waals surface area contributed by atoms with Gasteiger partial charge in [-0.25, -0.2) is 20.2 Å². The van der Waals surface area contributed by atoms with Gasteiger partial charge in [0.1, 0.15) is 31.3 Å². The largest absolute Gasteiger partial charge is 0.458 e. The number of aromatic nitrogens is 3. The topological polar surface area (TPSA) is 199 Å². The number of esters is 1. The number of aliphatic hydroxyl groups excluding tert-OH is 1. The van der Waals surface area contributed by atoms with Crippen LogP contribution in [0.3, 0.4) is 0 Å². The van der Waals surface area contributed by atoms with Crippen LogP contribution in [0.5, 0.6) is 0 Å². The summed E-state index contributed by atoms with van der Waals surface area (Å²) in [6.07, 6.45) is 3.14. The molecule has 2 aromatic heterocycles. The normalized spacial score (nSPS) is 36.4. The molecule has 0 bridgehead atoms. The quantitative estimate of drug-likeness (QED) is 0.162. The highest BCUT2D eigenvalue weighted by molar-refractivity contribution is 6.00. The molecule has 3 saturated heterocycles. The number of pyridine rings is 1. The van der Waals surface area contributed by atoms with Crippen molar-refractivity contribution in [3.8, 4) is 11.3 Å². The molecule has 17 heteroatoms. The van der Waals surface area contributed by atoms with E-state index in [1.165, 1.54) is 19.0 Å². The number of fused-ring (bicyclic) bond motifs is 1. The Hall–Kier alpha value is -4.00. The summed E-state index contributed by atoms with van der Waals surface area (Å²) in [7, 11) is 5.14. The molecule has 340 valence electrons. The number of ether oxygens (including phenoxy) is 4. The second-order valence-electron chi connectivity index (χ2n) is 18.6. The fourth-order valence-corrected chi connectivity index (χ4v) is 9.57. The lowest BCUT2D eigenvalue weighted by molar-refractivity contribution is -0.292. The molecule has 1 unspecified atom stereocenters. The third kappa shape index (κ3) is 10.1. The minimum atomic E-state index is -1.75. The second-order valence-corrected chi connectivity index (χ2v) is 18.6. The number of cyclic esters (lactones) is 1. The van der Waals surface area contributed by atoms with E-state index in [-0.39, 0.29) is 25.0 Å².